The lowest BCUT2D eigenvalue weighted by Gasteiger charge is -2.32. The minimum Gasteiger partial charge on any atom is -0.371 e. The number of hydrogen-bond donors (Lipinski definition) is 1. The van der Waals surface area contributed by atoms with Gasteiger partial charge in [0.15, 0.2) is 0 Å². The van der Waals surface area contributed by atoms with E-state index in [1.54, 1.807) is 6.07 Å². The summed E-state index contributed by atoms with van der Waals surface area (Å²) in [6, 6.07) is 5.41. The normalized spacial score (nSPS) is 18.9. The lowest BCUT2D eigenvalue weighted by molar-refractivity contribution is 0.549. The van der Waals surface area contributed by atoms with E-state index < -0.39 is 0 Å². The summed E-state index contributed by atoms with van der Waals surface area (Å²) in [5, 5.41) is 0. The van der Waals surface area contributed by atoms with Crippen LogP contribution in [0.3, 0.4) is 0 Å². The van der Waals surface area contributed by atoms with Gasteiger partial charge in [0, 0.05) is 24.8 Å². The highest BCUT2D eigenvalue weighted by molar-refractivity contribution is 5.55. The molecule has 2 rings (SSSR count). The third kappa shape index (κ3) is 3.47. The first-order valence-electron chi connectivity index (χ1n) is 7.37. The van der Waals surface area contributed by atoms with E-state index in [2.05, 4.69) is 11.9 Å². The fourth-order valence-corrected chi connectivity index (χ4v) is 3.05. The molecule has 0 spiro atoms. The smallest absolute Gasteiger partial charge is 0.123 e. The molecular weight excluding hydrogens is 239 g/mol. The molecule has 0 heterocycles. The zero-order valence-electron chi connectivity index (χ0n) is 12.0. The van der Waals surface area contributed by atoms with Crippen molar-refractivity contribution in [1.82, 2.24) is 0 Å². The van der Waals surface area contributed by atoms with Crippen LogP contribution in [0.25, 0.3) is 0 Å². The third-order valence-corrected chi connectivity index (χ3v) is 4.23. The molecule has 0 bridgehead atoms. The highest BCUT2D eigenvalue weighted by atomic mass is 19.1. The molecule has 1 aliphatic rings. The van der Waals surface area contributed by atoms with E-state index in [9.17, 15) is 4.39 Å². The van der Waals surface area contributed by atoms with Crippen LogP contribution in [-0.2, 0) is 0 Å². The topological polar surface area (TPSA) is 29.3 Å². The van der Waals surface area contributed by atoms with E-state index in [0.717, 1.165) is 11.3 Å². The number of benzene rings is 1. The van der Waals surface area contributed by atoms with Crippen molar-refractivity contribution >= 4 is 5.69 Å². The van der Waals surface area contributed by atoms with Crippen molar-refractivity contribution in [2.24, 2.45) is 5.73 Å². The fourth-order valence-electron chi connectivity index (χ4n) is 3.05. The highest BCUT2D eigenvalue weighted by Gasteiger charge is 2.20. The van der Waals surface area contributed by atoms with Crippen molar-refractivity contribution in [2.75, 3.05) is 11.9 Å². The van der Waals surface area contributed by atoms with E-state index in [4.69, 9.17) is 5.73 Å². The molecule has 1 atom stereocenters. The van der Waals surface area contributed by atoms with Gasteiger partial charge in [0.1, 0.15) is 5.82 Å². The van der Waals surface area contributed by atoms with Crippen LogP contribution in [0.1, 0.15) is 57.1 Å². The van der Waals surface area contributed by atoms with Gasteiger partial charge in [0.2, 0.25) is 0 Å². The van der Waals surface area contributed by atoms with Crippen LogP contribution in [-0.4, -0.2) is 13.1 Å². The lowest BCUT2D eigenvalue weighted by Crippen LogP contribution is -2.32. The number of halogens is 1. The second kappa shape index (κ2) is 6.38. The molecule has 1 saturated carbocycles. The van der Waals surface area contributed by atoms with E-state index in [-0.39, 0.29) is 11.9 Å². The van der Waals surface area contributed by atoms with Crippen LogP contribution in [0.2, 0.25) is 0 Å². The Morgan fingerprint density at radius 2 is 1.84 bits per heavy atom. The number of hydrogen-bond acceptors (Lipinski definition) is 2. The van der Waals surface area contributed by atoms with Gasteiger partial charge < -0.3 is 10.6 Å². The Labute approximate surface area is 115 Å². The van der Waals surface area contributed by atoms with Crippen LogP contribution in [0.5, 0.6) is 0 Å². The van der Waals surface area contributed by atoms with Gasteiger partial charge in [-0.25, -0.2) is 4.39 Å². The van der Waals surface area contributed by atoms with E-state index in [1.807, 2.05) is 13.0 Å². The third-order valence-electron chi connectivity index (χ3n) is 4.23. The Morgan fingerprint density at radius 3 is 2.42 bits per heavy atom. The second-order valence-electron chi connectivity index (χ2n) is 5.75. The molecule has 106 valence electrons. The van der Waals surface area contributed by atoms with Gasteiger partial charge in [-0.1, -0.05) is 25.7 Å². The summed E-state index contributed by atoms with van der Waals surface area (Å²) in [6.45, 7) is 1.92. The summed E-state index contributed by atoms with van der Waals surface area (Å²) in [5.41, 5.74) is 7.98. The minimum absolute atomic E-state index is 0.140. The first kappa shape index (κ1) is 14.3. The average molecular weight is 264 g/mol. The highest BCUT2D eigenvalue weighted by Crippen LogP contribution is 2.30. The van der Waals surface area contributed by atoms with Crippen molar-refractivity contribution in [3.05, 3.63) is 29.6 Å². The monoisotopic (exact) mass is 264 g/mol. The maximum atomic E-state index is 13.4. The molecule has 0 unspecified atom stereocenters. The van der Waals surface area contributed by atoms with Gasteiger partial charge in [0.05, 0.1) is 0 Å². The van der Waals surface area contributed by atoms with E-state index in [0.29, 0.717) is 6.04 Å². The standard InChI is InChI=1S/C16H25FN2/c1-12(18)15-11-13(17)9-10-16(15)19(2)14-7-5-3-4-6-8-14/h9-12,14H,3-8,18H2,1-2H3/t12-/m1/s1. The van der Waals surface area contributed by atoms with Gasteiger partial charge in [-0.2, -0.15) is 0 Å². The maximum Gasteiger partial charge on any atom is 0.123 e. The Hall–Kier alpha value is -1.09. The summed E-state index contributed by atoms with van der Waals surface area (Å²) >= 11 is 0. The predicted molar refractivity (Wildman–Crippen MR) is 78.9 cm³/mol. The molecule has 1 aromatic rings. The molecular formula is C16H25FN2. The Kier molecular flexibility index (Phi) is 4.81. The van der Waals surface area contributed by atoms with Crippen molar-refractivity contribution in [2.45, 2.75) is 57.5 Å². The molecule has 1 fully saturated rings. The summed E-state index contributed by atoms with van der Waals surface area (Å²) in [6.07, 6.45) is 7.73. The van der Waals surface area contributed by atoms with E-state index >= 15 is 0 Å². The molecule has 0 aromatic heterocycles. The Balaban J connectivity index is 2.24. The van der Waals surface area contributed by atoms with Gasteiger partial charge in [-0.05, 0) is 43.5 Å². The SMILES string of the molecule is C[C@@H](N)c1cc(F)ccc1N(C)C1CCCCCC1. The number of nitrogens with zero attached hydrogens (tertiary/aromatic N) is 1. The lowest BCUT2D eigenvalue weighted by atomic mass is 10.0. The number of rotatable bonds is 3. The van der Waals surface area contributed by atoms with Gasteiger partial charge >= 0.3 is 0 Å². The molecule has 0 aliphatic heterocycles. The zero-order chi connectivity index (χ0) is 13.8. The molecule has 19 heavy (non-hydrogen) atoms. The molecule has 0 radical (unpaired) electrons. The number of nitrogens with two attached hydrogens (primary N) is 1. The van der Waals surface area contributed by atoms with Crippen molar-refractivity contribution < 1.29 is 4.39 Å². The molecule has 2 N–H and O–H groups in total. The molecule has 0 amide bonds. The van der Waals surface area contributed by atoms with Crippen LogP contribution in [0, 0.1) is 5.82 Å². The summed E-state index contributed by atoms with van der Waals surface area (Å²) < 4.78 is 13.4. The molecule has 3 heteroatoms. The van der Waals surface area contributed by atoms with Crippen LogP contribution >= 0.6 is 0 Å². The maximum absolute atomic E-state index is 13.4. The largest absolute Gasteiger partial charge is 0.371 e. The summed E-state index contributed by atoms with van der Waals surface area (Å²) in [5.74, 6) is -0.203. The molecule has 0 saturated heterocycles. The Morgan fingerprint density at radius 1 is 1.21 bits per heavy atom. The van der Waals surface area contributed by atoms with Gasteiger partial charge in [-0.15, -0.1) is 0 Å². The summed E-state index contributed by atoms with van der Waals surface area (Å²) in [4.78, 5) is 2.31. The van der Waals surface area contributed by atoms with Crippen molar-refractivity contribution in [3.63, 3.8) is 0 Å². The first-order chi connectivity index (χ1) is 9.09. The quantitative estimate of drug-likeness (QED) is 0.836. The summed E-state index contributed by atoms with van der Waals surface area (Å²) in [7, 11) is 2.12. The molecule has 1 aromatic carbocycles. The van der Waals surface area contributed by atoms with E-state index in [1.165, 1.54) is 44.6 Å². The predicted octanol–water partition coefficient (Wildman–Crippen LogP) is 4.00. The fraction of sp³-hybridized carbons (Fsp3) is 0.625. The minimum atomic E-state index is -0.203. The zero-order valence-corrected chi connectivity index (χ0v) is 12.0. The van der Waals surface area contributed by atoms with Gasteiger partial charge in [0.25, 0.3) is 0 Å². The van der Waals surface area contributed by atoms with Crippen molar-refractivity contribution in [3.8, 4) is 0 Å². The number of anilines is 1. The van der Waals surface area contributed by atoms with Gasteiger partial charge in [-0.3, -0.25) is 0 Å². The molecule has 1 aliphatic carbocycles. The first-order valence-corrected chi connectivity index (χ1v) is 7.37. The average Bonchev–Trinajstić information content (AvgIpc) is 2.66. The van der Waals surface area contributed by atoms with Crippen molar-refractivity contribution in [1.29, 1.82) is 0 Å². The Bertz CT molecular complexity index is 409. The molecule has 2 nitrogen and oxygen atoms in total. The van der Waals surface area contributed by atoms with Crippen LogP contribution in [0.4, 0.5) is 10.1 Å². The second-order valence-corrected chi connectivity index (χ2v) is 5.75. The van der Waals surface area contributed by atoms with Crippen LogP contribution in [0.15, 0.2) is 18.2 Å². The van der Waals surface area contributed by atoms with Crippen LogP contribution < -0.4 is 10.6 Å².